The number of hydrogen-bond donors (Lipinski definition) is 1. The summed E-state index contributed by atoms with van der Waals surface area (Å²) in [5, 5.41) is 6.41. The number of nitrogens with zero attached hydrogens (tertiary/aromatic N) is 1. The Morgan fingerprint density at radius 2 is 2.00 bits per heavy atom. The van der Waals surface area contributed by atoms with E-state index >= 15 is 0 Å². The maximum absolute atomic E-state index is 3.72. The minimum atomic E-state index is 0.298. The molecule has 0 saturated carbocycles. The van der Waals surface area contributed by atoms with Crippen LogP contribution in [0.2, 0.25) is 0 Å². The highest BCUT2D eigenvalue weighted by Gasteiger charge is 2.19. The molecular weight excluding hydrogens is 232 g/mol. The van der Waals surface area contributed by atoms with E-state index in [9.17, 15) is 0 Å². The Labute approximate surface area is 114 Å². The zero-order valence-electron chi connectivity index (χ0n) is 11.5. The van der Waals surface area contributed by atoms with Gasteiger partial charge < -0.3 is 0 Å². The van der Waals surface area contributed by atoms with Gasteiger partial charge in [-0.3, -0.25) is 10.2 Å². The standard InChI is InChI=1S/C17H20N2/c1-19(2)17-12-11-13-7-3-4-8-14(13)15-9-5-6-10-16(15)18-17/h3-11,16-18H,12H2,1-2H3/b13-11?,15-14-. The van der Waals surface area contributed by atoms with Crippen LogP contribution < -0.4 is 15.8 Å². The molecule has 1 heterocycles. The smallest absolute Gasteiger partial charge is 0.0635 e. The van der Waals surface area contributed by atoms with Crippen LogP contribution in [0.25, 0.3) is 11.6 Å². The third-order valence-corrected chi connectivity index (χ3v) is 3.85. The molecule has 2 aliphatic rings. The molecule has 3 rings (SSSR count). The molecule has 0 bridgehead atoms. The fraction of sp³-hybridized carbons (Fsp3) is 0.294. The van der Waals surface area contributed by atoms with Crippen LogP contribution in [0.3, 0.4) is 0 Å². The van der Waals surface area contributed by atoms with E-state index in [0.717, 1.165) is 6.42 Å². The predicted molar refractivity (Wildman–Crippen MR) is 80.9 cm³/mol. The Kier molecular flexibility index (Phi) is 3.36. The third-order valence-electron chi connectivity index (χ3n) is 3.85. The molecule has 0 aromatic heterocycles. The SMILES string of the molecule is CN(C)C1CC=c2cccc/c2=C2\C=CC=CC2N1. The summed E-state index contributed by atoms with van der Waals surface area (Å²) in [6, 6.07) is 8.96. The molecule has 1 aromatic carbocycles. The van der Waals surface area contributed by atoms with Gasteiger partial charge in [0.2, 0.25) is 0 Å². The second kappa shape index (κ2) is 5.16. The summed E-state index contributed by atoms with van der Waals surface area (Å²) in [5.74, 6) is 0. The van der Waals surface area contributed by atoms with Gasteiger partial charge in [-0.25, -0.2) is 0 Å². The van der Waals surface area contributed by atoms with Crippen molar-refractivity contribution in [1.82, 2.24) is 10.2 Å². The summed E-state index contributed by atoms with van der Waals surface area (Å²) in [7, 11) is 4.25. The first-order valence-corrected chi connectivity index (χ1v) is 6.82. The normalized spacial score (nSPS) is 28.2. The van der Waals surface area contributed by atoms with Gasteiger partial charge in [-0.2, -0.15) is 0 Å². The van der Waals surface area contributed by atoms with Crippen LogP contribution in [0, 0.1) is 0 Å². The Bertz CT molecular complexity index is 637. The lowest BCUT2D eigenvalue weighted by atomic mass is 9.96. The fourth-order valence-electron chi connectivity index (χ4n) is 2.76. The molecule has 2 atom stereocenters. The molecule has 1 aliphatic carbocycles. The Balaban J connectivity index is 2.21. The van der Waals surface area contributed by atoms with Gasteiger partial charge in [-0.05, 0) is 36.5 Å². The Hall–Kier alpha value is -1.64. The zero-order chi connectivity index (χ0) is 13.2. The second-order valence-corrected chi connectivity index (χ2v) is 5.35. The van der Waals surface area contributed by atoms with Crippen molar-refractivity contribution in [3.63, 3.8) is 0 Å². The number of nitrogens with one attached hydrogen (secondary N) is 1. The molecule has 19 heavy (non-hydrogen) atoms. The number of hydrogen-bond acceptors (Lipinski definition) is 2. The van der Waals surface area contributed by atoms with Crippen LogP contribution in [0.5, 0.6) is 0 Å². The van der Waals surface area contributed by atoms with E-state index in [1.54, 1.807) is 0 Å². The molecular formula is C17H20N2. The summed E-state index contributed by atoms with van der Waals surface area (Å²) in [5.41, 5.74) is 1.36. The van der Waals surface area contributed by atoms with Crippen LogP contribution in [0.15, 0.2) is 48.6 Å². The summed E-state index contributed by atoms with van der Waals surface area (Å²) in [6.07, 6.45) is 12.4. The maximum Gasteiger partial charge on any atom is 0.0635 e. The van der Waals surface area contributed by atoms with Gasteiger partial charge in [0.05, 0.1) is 12.2 Å². The number of allylic oxidation sites excluding steroid dienone is 2. The average Bonchev–Trinajstić information content (AvgIpc) is 2.41. The number of rotatable bonds is 1. The molecule has 1 aromatic rings. The van der Waals surface area contributed by atoms with Gasteiger partial charge in [-0.1, -0.05) is 54.6 Å². The molecule has 98 valence electrons. The van der Waals surface area contributed by atoms with Crippen molar-refractivity contribution in [3.8, 4) is 0 Å². The number of benzene rings is 1. The molecule has 1 N–H and O–H groups in total. The topological polar surface area (TPSA) is 15.3 Å². The van der Waals surface area contributed by atoms with Crippen LogP contribution in [-0.2, 0) is 0 Å². The molecule has 0 radical (unpaired) electrons. The van der Waals surface area contributed by atoms with Crippen LogP contribution in [-0.4, -0.2) is 31.2 Å². The van der Waals surface area contributed by atoms with E-state index < -0.39 is 0 Å². The van der Waals surface area contributed by atoms with E-state index in [2.05, 4.69) is 79.0 Å². The van der Waals surface area contributed by atoms with Crippen molar-refractivity contribution in [3.05, 3.63) is 59.0 Å². The molecule has 0 spiro atoms. The van der Waals surface area contributed by atoms with Crippen molar-refractivity contribution in [1.29, 1.82) is 0 Å². The summed E-state index contributed by atoms with van der Waals surface area (Å²) >= 11 is 0. The molecule has 0 saturated heterocycles. The average molecular weight is 252 g/mol. The third kappa shape index (κ3) is 2.42. The minimum absolute atomic E-state index is 0.298. The summed E-state index contributed by atoms with van der Waals surface area (Å²) in [4.78, 5) is 2.24. The fourth-order valence-corrected chi connectivity index (χ4v) is 2.76. The first-order valence-electron chi connectivity index (χ1n) is 6.82. The molecule has 0 amide bonds. The van der Waals surface area contributed by atoms with Gasteiger partial charge in [0, 0.05) is 0 Å². The van der Waals surface area contributed by atoms with E-state index in [0.29, 0.717) is 12.2 Å². The monoisotopic (exact) mass is 252 g/mol. The van der Waals surface area contributed by atoms with Crippen LogP contribution >= 0.6 is 0 Å². The lowest BCUT2D eigenvalue weighted by molar-refractivity contribution is 0.249. The van der Waals surface area contributed by atoms with Crippen LogP contribution in [0.4, 0.5) is 0 Å². The van der Waals surface area contributed by atoms with Gasteiger partial charge >= 0.3 is 0 Å². The van der Waals surface area contributed by atoms with Gasteiger partial charge in [0.15, 0.2) is 0 Å². The Morgan fingerprint density at radius 1 is 1.16 bits per heavy atom. The Morgan fingerprint density at radius 3 is 2.84 bits per heavy atom. The minimum Gasteiger partial charge on any atom is -0.294 e. The summed E-state index contributed by atoms with van der Waals surface area (Å²) in [6.45, 7) is 0. The van der Waals surface area contributed by atoms with Gasteiger partial charge in [0.1, 0.15) is 0 Å². The maximum atomic E-state index is 3.72. The van der Waals surface area contributed by atoms with Crippen molar-refractivity contribution in [2.75, 3.05) is 14.1 Å². The molecule has 2 nitrogen and oxygen atoms in total. The van der Waals surface area contributed by atoms with E-state index in [-0.39, 0.29) is 0 Å². The van der Waals surface area contributed by atoms with Gasteiger partial charge in [-0.15, -0.1) is 0 Å². The second-order valence-electron chi connectivity index (χ2n) is 5.35. The van der Waals surface area contributed by atoms with Gasteiger partial charge in [0.25, 0.3) is 0 Å². The molecule has 2 unspecified atom stereocenters. The molecule has 2 heteroatoms. The first kappa shape index (κ1) is 12.4. The van der Waals surface area contributed by atoms with Crippen molar-refractivity contribution in [2.45, 2.75) is 18.6 Å². The number of fused-ring (bicyclic) bond motifs is 2. The predicted octanol–water partition coefficient (Wildman–Crippen LogP) is 0.993. The van der Waals surface area contributed by atoms with E-state index in [1.807, 2.05) is 0 Å². The quantitative estimate of drug-likeness (QED) is 0.802. The first-order chi connectivity index (χ1) is 9.25. The van der Waals surface area contributed by atoms with E-state index in [4.69, 9.17) is 0 Å². The highest BCUT2D eigenvalue weighted by Crippen LogP contribution is 2.14. The largest absolute Gasteiger partial charge is 0.294 e. The molecule has 1 aliphatic heterocycles. The molecule has 0 fully saturated rings. The zero-order valence-corrected chi connectivity index (χ0v) is 11.5. The van der Waals surface area contributed by atoms with Crippen molar-refractivity contribution >= 4 is 11.6 Å². The highest BCUT2D eigenvalue weighted by molar-refractivity contribution is 5.67. The van der Waals surface area contributed by atoms with Crippen molar-refractivity contribution in [2.24, 2.45) is 0 Å². The summed E-state index contributed by atoms with van der Waals surface area (Å²) < 4.78 is 0. The highest BCUT2D eigenvalue weighted by atomic mass is 15.2. The van der Waals surface area contributed by atoms with E-state index in [1.165, 1.54) is 16.0 Å². The lowest BCUT2D eigenvalue weighted by Crippen LogP contribution is -2.49. The van der Waals surface area contributed by atoms with Crippen molar-refractivity contribution < 1.29 is 0 Å². The van der Waals surface area contributed by atoms with Crippen LogP contribution in [0.1, 0.15) is 6.42 Å². The lowest BCUT2D eigenvalue weighted by Gasteiger charge is -2.31.